The van der Waals surface area contributed by atoms with Gasteiger partial charge in [0.2, 0.25) is 27.7 Å². The molecular weight excluding hydrogens is 576 g/mol. The average molecular weight is 625 g/mol. The zero-order chi connectivity index (χ0) is 31.6. The van der Waals surface area contributed by atoms with Gasteiger partial charge in [0.1, 0.15) is 18.1 Å². The number of urea groups is 1. The summed E-state index contributed by atoms with van der Waals surface area (Å²) in [7, 11) is -3.80. The fraction of sp³-hybridized carbons (Fsp3) is 0.759. The first-order valence-corrected chi connectivity index (χ1v) is 17.1. The van der Waals surface area contributed by atoms with Gasteiger partial charge >= 0.3 is 6.03 Å². The van der Waals surface area contributed by atoms with Crippen molar-refractivity contribution in [3.8, 4) is 0 Å². The van der Waals surface area contributed by atoms with Crippen LogP contribution in [-0.2, 0) is 29.2 Å². The molecule has 0 radical (unpaired) electrons. The molecule has 14 heteroatoms. The number of carbonyl (C=O) groups is 5. The van der Waals surface area contributed by atoms with E-state index in [1.54, 1.807) is 6.08 Å². The van der Waals surface area contributed by atoms with Crippen molar-refractivity contribution < 1.29 is 32.4 Å². The smallest absolute Gasteiger partial charge is 0.318 e. The number of carbonyl (C=O) groups excluding carboxylic acids is 5. The molecule has 4 N–H and O–H groups in total. The fourth-order valence-electron chi connectivity index (χ4n) is 5.46. The molecule has 3 aliphatic rings. The first-order chi connectivity index (χ1) is 20.5. The number of hydrogen-bond acceptors (Lipinski definition) is 7. The molecule has 13 nitrogen and oxygen atoms in total. The lowest BCUT2D eigenvalue weighted by atomic mass is 10.0. The summed E-state index contributed by atoms with van der Waals surface area (Å²) >= 11 is 0. The molecule has 1 aliphatic carbocycles. The van der Waals surface area contributed by atoms with Crippen LogP contribution in [0.4, 0.5) is 4.79 Å². The zero-order valence-corrected chi connectivity index (χ0v) is 26.4. The van der Waals surface area contributed by atoms with Crippen molar-refractivity contribution in [2.24, 2.45) is 5.92 Å². The molecule has 6 amide bonds. The van der Waals surface area contributed by atoms with Gasteiger partial charge in [-0.25, -0.2) is 13.2 Å². The third-order valence-electron chi connectivity index (χ3n) is 7.99. The van der Waals surface area contributed by atoms with Crippen molar-refractivity contribution in [2.45, 2.75) is 108 Å². The number of nitrogens with one attached hydrogen (secondary N) is 4. The van der Waals surface area contributed by atoms with E-state index < -0.39 is 57.0 Å². The van der Waals surface area contributed by atoms with Crippen LogP contribution < -0.4 is 20.7 Å². The van der Waals surface area contributed by atoms with Crippen molar-refractivity contribution in [2.75, 3.05) is 26.2 Å². The third-order valence-corrected chi connectivity index (χ3v) is 9.83. The van der Waals surface area contributed by atoms with Crippen molar-refractivity contribution in [3.63, 3.8) is 0 Å². The Hall–Kier alpha value is -3.16. The van der Waals surface area contributed by atoms with E-state index in [4.69, 9.17) is 0 Å². The van der Waals surface area contributed by atoms with Gasteiger partial charge in [-0.15, -0.1) is 0 Å². The highest BCUT2D eigenvalue weighted by Crippen LogP contribution is 2.27. The summed E-state index contributed by atoms with van der Waals surface area (Å²) in [5.74, 6) is -2.44. The Morgan fingerprint density at radius 3 is 2.42 bits per heavy atom. The lowest BCUT2D eigenvalue weighted by Crippen LogP contribution is -2.59. The van der Waals surface area contributed by atoms with E-state index in [1.807, 2.05) is 19.9 Å². The lowest BCUT2D eigenvalue weighted by Gasteiger charge is -2.36. The predicted octanol–water partition coefficient (Wildman–Crippen LogP) is 1.15. The Labute approximate surface area is 255 Å². The Morgan fingerprint density at radius 1 is 1.02 bits per heavy atom. The second-order valence-corrected chi connectivity index (χ2v) is 13.9. The molecule has 242 valence electrons. The van der Waals surface area contributed by atoms with Crippen LogP contribution in [0.2, 0.25) is 0 Å². The number of hydrogen-bond donors (Lipinski definition) is 4. The van der Waals surface area contributed by atoms with Crippen LogP contribution >= 0.6 is 0 Å². The largest absolute Gasteiger partial charge is 0.345 e. The second-order valence-electron chi connectivity index (χ2n) is 11.9. The maximum Gasteiger partial charge on any atom is 0.318 e. The molecule has 3 unspecified atom stereocenters. The number of allylic oxidation sites excluding steroid dienone is 1. The molecule has 3 rings (SSSR count). The summed E-state index contributed by atoms with van der Waals surface area (Å²) in [6.45, 7) is 6.71. The van der Waals surface area contributed by atoms with Gasteiger partial charge in [0, 0.05) is 19.6 Å². The van der Waals surface area contributed by atoms with Crippen LogP contribution in [-0.4, -0.2) is 97.4 Å². The number of sulfonamides is 1. The van der Waals surface area contributed by atoms with Crippen molar-refractivity contribution in [3.05, 3.63) is 12.2 Å². The van der Waals surface area contributed by atoms with Crippen molar-refractivity contribution in [1.82, 2.24) is 30.5 Å². The fourth-order valence-corrected chi connectivity index (χ4v) is 6.80. The second kappa shape index (κ2) is 16.1. The molecule has 3 atom stereocenters. The number of rotatable bonds is 16. The summed E-state index contributed by atoms with van der Waals surface area (Å²) in [5, 5.41) is 7.47. The van der Waals surface area contributed by atoms with E-state index >= 15 is 0 Å². The highest BCUT2D eigenvalue weighted by atomic mass is 32.2. The maximum atomic E-state index is 13.3. The molecule has 0 aromatic rings. The van der Waals surface area contributed by atoms with E-state index in [-0.39, 0.29) is 24.9 Å². The zero-order valence-electron chi connectivity index (χ0n) is 25.6. The summed E-state index contributed by atoms with van der Waals surface area (Å²) in [6, 6.07) is -3.04. The Kier molecular flexibility index (Phi) is 12.8. The normalized spacial score (nSPS) is 20.6. The maximum absolute atomic E-state index is 13.3. The Balaban J connectivity index is 1.61. The summed E-state index contributed by atoms with van der Waals surface area (Å²) in [4.78, 5) is 67.7. The molecule has 0 aromatic carbocycles. The van der Waals surface area contributed by atoms with Gasteiger partial charge in [0.25, 0.3) is 5.91 Å². The van der Waals surface area contributed by atoms with Gasteiger partial charge in [-0.05, 0) is 57.3 Å². The van der Waals surface area contributed by atoms with Gasteiger partial charge in [-0.2, -0.15) is 0 Å². The molecule has 43 heavy (non-hydrogen) atoms. The Morgan fingerprint density at radius 2 is 1.77 bits per heavy atom. The van der Waals surface area contributed by atoms with Crippen LogP contribution in [0.3, 0.4) is 0 Å². The quantitative estimate of drug-likeness (QED) is 0.147. The van der Waals surface area contributed by atoms with Crippen LogP contribution in [0.5, 0.6) is 0 Å². The van der Waals surface area contributed by atoms with Gasteiger partial charge in [0.15, 0.2) is 0 Å². The predicted molar refractivity (Wildman–Crippen MR) is 161 cm³/mol. The first-order valence-electron chi connectivity index (χ1n) is 15.6. The minimum Gasteiger partial charge on any atom is -0.345 e. The van der Waals surface area contributed by atoms with Gasteiger partial charge in [-0.1, -0.05) is 45.8 Å². The molecule has 0 bridgehead atoms. The van der Waals surface area contributed by atoms with Crippen LogP contribution in [0.15, 0.2) is 12.2 Å². The highest BCUT2D eigenvalue weighted by molar-refractivity contribution is 7.90. The topological polar surface area (TPSA) is 174 Å². The summed E-state index contributed by atoms with van der Waals surface area (Å²) in [6.07, 6.45) is 10.4. The molecular formula is C29H48N6O7S. The van der Waals surface area contributed by atoms with Gasteiger partial charge < -0.3 is 25.8 Å². The van der Waals surface area contributed by atoms with E-state index in [1.165, 1.54) is 9.80 Å². The van der Waals surface area contributed by atoms with E-state index in [0.717, 1.165) is 25.7 Å². The molecule has 2 aliphatic heterocycles. The van der Waals surface area contributed by atoms with Gasteiger partial charge in [-0.3, -0.25) is 23.9 Å². The minimum absolute atomic E-state index is 0.112. The molecule has 2 heterocycles. The number of likely N-dealkylation sites (tertiary alicyclic amines) is 1. The van der Waals surface area contributed by atoms with Crippen LogP contribution in [0.25, 0.3) is 0 Å². The summed E-state index contributed by atoms with van der Waals surface area (Å²) in [5.41, 5.74) is 0. The SMILES string of the molecule is CCCCC/C=C\CC(NC(=O)C1CCCN1C(=O)CNC(=O)C(C(C)C)N1CCCNC1=O)C(=O)NS(=O)(=O)C1CC1. The summed E-state index contributed by atoms with van der Waals surface area (Å²) < 4.78 is 26.9. The van der Waals surface area contributed by atoms with Crippen molar-refractivity contribution >= 4 is 39.7 Å². The molecule has 0 aromatic heterocycles. The molecule has 3 fully saturated rings. The number of amides is 6. The average Bonchev–Trinajstić information content (AvgIpc) is 3.71. The highest BCUT2D eigenvalue weighted by Gasteiger charge is 2.40. The number of unbranched alkanes of at least 4 members (excludes halogenated alkanes) is 3. The molecule has 0 spiro atoms. The van der Waals surface area contributed by atoms with E-state index in [2.05, 4.69) is 27.6 Å². The van der Waals surface area contributed by atoms with Crippen molar-refractivity contribution in [1.29, 1.82) is 0 Å². The standard InChI is InChI=1S/C29H48N6O7S/c1-4-5-6-7-8-9-12-22(26(37)33-43(41,42)21-14-15-21)32-27(38)23-13-10-17-34(23)24(36)19-31-28(39)25(20(2)3)35-18-11-16-30-29(35)40/h8-9,20-23,25H,4-7,10-19H2,1-3H3,(H,30,40)(H,31,39)(H,32,38)(H,33,37)/b9-8-. The van der Waals surface area contributed by atoms with Crippen LogP contribution in [0.1, 0.15) is 85.0 Å². The van der Waals surface area contributed by atoms with Gasteiger partial charge in [0.05, 0.1) is 11.8 Å². The monoisotopic (exact) mass is 624 g/mol. The minimum atomic E-state index is -3.80. The van der Waals surface area contributed by atoms with E-state index in [0.29, 0.717) is 51.7 Å². The lowest BCUT2D eigenvalue weighted by molar-refractivity contribution is -0.140. The first kappa shape index (κ1) is 34.3. The Bertz CT molecular complexity index is 1150. The molecule has 2 saturated heterocycles. The number of nitrogens with zero attached hydrogens (tertiary/aromatic N) is 2. The van der Waals surface area contributed by atoms with E-state index in [9.17, 15) is 32.4 Å². The third kappa shape index (κ3) is 9.94. The molecule has 1 saturated carbocycles. The van der Waals surface area contributed by atoms with Crippen LogP contribution in [0, 0.1) is 5.92 Å².